The minimum atomic E-state index is -0.623. The summed E-state index contributed by atoms with van der Waals surface area (Å²) in [6.07, 6.45) is 3.77. The third-order valence-electron chi connectivity index (χ3n) is 5.59. The minimum absolute atomic E-state index is 0. The number of hydrogen-bond acceptors (Lipinski definition) is 3. The molecule has 8 heteroatoms. The van der Waals surface area contributed by atoms with Gasteiger partial charge in [-0.05, 0) is 38.0 Å². The Morgan fingerprint density at radius 3 is 2.41 bits per heavy atom. The van der Waals surface area contributed by atoms with E-state index in [1.807, 2.05) is 6.92 Å². The van der Waals surface area contributed by atoms with Crippen molar-refractivity contribution >= 4 is 35.8 Å². The molecule has 1 saturated heterocycles. The number of rotatable bonds is 2. The molecule has 0 aromatic heterocycles. The molecule has 1 aromatic carbocycles. The van der Waals surface area contributed by atoms with E-state index in [2.05, 4.69) is 0 Å². The second kappa shape index (κ2) is 8.76. The lowest BCUT2D eigenvalue weighted by atomic mass is 9.74. The standard InChI is InChI=1S/C19H25ClFN3O2.ClH/c1-19(22)7-3-2-4-15(19)18(26)24-10-8-23(9-11-24)17(25)14-6-5-13(20)12-16(14)21;/h5-6,12,15H,2-4,7-11,22H2,1H3;1H. The first-order valence-corrected chi connectivity index (χ1v) is 9.49. The van der Waals surface area contributed by atoms with Gasteiger partial charge >= 0.3 is 0 Å². The molecule has 2 aliphatic rings. The number of halogens is 3. The summed E-state index contributed by atoms with van der Waals surface area (Å²) in [4.78, 5) is 28.8. The molecule has 27 heavy (non-hydrogen) atoms. The Morgan fingerprint density at radius 2 is 1.81 bits per heavy atom. The maximum absolute atomic E-state index is 14.0. The molecule has 2 atom stereocenters. The number of carbonyl (C=O) groups excluding carboxylic acids is 2. The fourth-order valence-electron chi connectivity index (χ4n) is 3.95. The lowest BCUT2D eigenvalue weighted by Crippen LogP contribution is -2.57. The van der Waals surface area contributed by atoms with Crippen LogP contribution in [0.15, 0.2) is 18.2 Å². The van der Waals surface area contributed by atoms with Crippen LogP contribution in [0.3, 0.4) is 0 Å². The number of nitrogens with two attached hydrogens (primary N) is 1. The van der Waals surface area contributed by atoms with Gasteiger partial charge in [-0.2, -0.15) is 0 Å². The smallest absolute Gasteiger partial charge is 0.256 e. The van der Waals surface area contributed by atoms with Crippen molar-refractivity contribution < 1.29 is 14.0 Å². The van der Waals surface area contributed by atoms with E-state index in [0.29, 0.717) is 26.2 Å². The molecule has 2 amide bonds. The van der Waals surface area contributed by atoms with Crippen LogP contribution in [0.25, 0.3) is 0 Å². The quantitative estimate of drug-likeness (QED) is 0.803. The highest BCUT2D eigenvalue weighted by atomic mass is 35.5. The van der Waals surface area contributed by atoms with E-state index >= 15 is 0 Å². The van der Waals surface area contributed by atoms with Crippen molar-refractivity contribution in [3.05, 3.63) is 34.6 Å². The van der Waals surface area contributed by atoms with Crippen LogP contribution in [0, 0.1) is 11.7 Å². The number of carbonyl (C=O) groups is 2. The highest BCUT2D eigenvalue weighted by molar-refractivity contribution is 6.30. The van der Waals surface area contributed by atoms with Crippen LogP contribution < -0.4 is 5.73 Å². The molecule has 0 bridgehead atoms. The molecule has 1 saturated carbocycles. The average molecular weight is 418 g/mol. The average Bonchev–Trinajstić information content (AvgIpc) is 2.60. The van der Waals surface area contributed by atoms with Gasteiger partial charge in [-0.15, -0.1) is 12.4 Å². The lowest BCUT2D eigenvalue weighted by molar-refractivity contribution is -0.140. The molecular weight excluding hydrogens is 392 g/mol. The molecule has 1 aromatic rings. The molecule has 5 nitrogen and oxygen atoms in total. The van der Waals surface area contributed by atoms with Gasteiger partial charge in [0.15, 0.2) is 0 Å². The number of benzene rings is 1. The van der Waals surface area contributed by atoms with E-state index in [-0.39, 0.29) is 40.7 Å². The summed E-state index contributed by atoms with van der Waals surface area (Å²) in [5, 5.41) is 0.256. The van der Waals surface area contributed by atoms with Gasteiger partial charge in [0, 0.05) is 36.7 Å². The summed E-state index contributed by atoms with van der Waals surface area (Å²) >= 11 is 5.74. The van der Waals surface area contributed by atoms with E-state index in [1.165, 1.54) is 12.1 Å². The number of amides is 2. The Bertz CT molecular complexity index is 706. The van der Waals surface area contributed by atoms with Gasteiger partial charge in [-0.25, -0.2) is 4.39 Å². The van der Waals surface area contributed by atoms with E-state index in [4.69, 9.17) is 17.3 Å². The Labute approximate surface area is 170 Å². The molecule has 0 radical (unpaired) electrons. The summed E-state index contributed by atoms with van der Waals surface area (Å²) < 4.78 is 14.0. The summed E-state index contributed by atoms with van der Waals surface area (Å²) in [6.45, 7) is 3.64. The van der Waals surface area contributed by atoms with E-state index in [1.54, 1.807) is 9.80 Å². The number of hydrogen-bond donors (Lipinski definition) is 1. The molecule has 1 heterocycles. The maximum Gasteiger partial charge on any atom is 0.256 e. The first-order valence-electron chi connectivity index (χ1n) is 9.11. The van der Waals surface area contributed by atoms with Crippen LogP contribution in [-0.2, 0) is 4.79 Å². The zero-order chi connectivity index (χ0) is 18.9. The van der Waals surface area contributed by atoms with Crippen LogP contribution in [-0.4, -0.2) is 53.3 Å². The maximum atomic E-state index is 14.0. The van der Waals surface area contributed by atoms with Crippen molar-refractivity contribution in [3.8, 4) is 0 Å². The first kappa shape index (κ1) is 21.9. The molecule has 2 unspecified atom stereocenters. The highest BCUT2D eigenvalue weighted by Gasteiger charge is 2.40. The Morgan fingerprint density at radius 1 is 1.19 bits per heavy atom. The minimum Gasteiger partial charge on any atom is -0.339 e. The Balaban J connectivity index is 0.00000261. The van der Waals surface area contributed by atoms with Crippen molar-refractivity contribution in [2.24, 2.45) is 11.7 Å². The zero-order valence-corrected chi connectivity index (χ0v) is 17.0. The topological polar surface area (TPSA) is 66.6 Å². The van der Waals surface area contributed by atoms with E-state index in [9.17, 15) is 14.0 Å². The predicted molar refractivity (Wildman–Crippen MR) is 106 cm³/mol. The van der Waals surface area contributed by atoms with Gasteiger partial charge in [0.25, 0.3) is 5.91 Å². The monoisotopic (exact) mass is 417 g/mol. The Kier molecular flexibility index (Phi) is 7.11. The molecule has 1 aliphatic heterocycles. The van der Waals surface area contributed by atoms with Crippen molar-refractivity contribution in [1.29, 1.82) is 0 Å². The van der Waals surface area contributed by atoms with Gasteiger partial charge < -0.3 is 15.5 Å². The largest absolute Gasteiger partial charge is 0.339 e. The zero-order valence-electron chi connectivity index (χ0n) is 15.4. The summed E-state index contributed by atoms with van der Waals surface area (Å²) in [5.41, 5.74) is 5.89. The van der Waals surface area contributed by atoms with Crippen LogP contribution in [0.5, 0.6) is 0 Å². The van der Waals surface area contributed by atoms with Crippen LogP contribution >= 0.6 is 24.0 Å². The SMILES string of the molecule is CC1(N)CCCCC1C(=O)N1CCN(C(=O)c2ccc(Cl)cc2F)CC1.Cl. The molecule has 0 spiro atoms. The number of piperazine rings is 1. The predicted octanol–water partition coefficient (Wildman–Crippen LogP) is 3.09. The van der Waals surface area contributed by atoms with E-state index in [0.717, 1.165) is 31.7 Å². The molecule has 2 N–H and O–H groups in total. The van der Waals surface area contributed by atoms with Crippen molar-refractivity contribution in [2.45, 2.75) is 38.1 Å². The summed E-state index contributed by atoms with van der Waals surface area (Å²) in [7, 11) is 0. The third-order valence-corrected chi connectivity index (χ3v) is 5.83. The number of nitrogens with zero attached hydrogens (tertiary/aromatic N) is 2. The molecular formula is C19H26Cl2FN3O2. The first-order chi connectivity index (χ1) is 12.3. The van der Waals surface area contributed by atoms with Gasteiger partial charge in [0.05, 0.1) is 11.5 Å². The Hall–Kier alpha value is -1.37. The van der Waals surface area contributed by atoms with Crippen molar-refractivity contribution in [3.63, 3.8) is 0 Å². The van der Waals surface area contributed by atoms with Gasteiger partial charge in [-0.3, -0.25) is 9.59 Å². The molecule has 2 fully saturated rings. The van der Waals surface area contributed by atoms with Gasteiger partial charge in [-0.1, -0.05) is 24.4 Å². The van der Waals surface area contributed by atoms with Gasteiger partial charge in [0.1, 0.15) is 5.82 Å². The van der Waals surface area contributed by atoms with Crippen LogP contribution in [0.1, 0.15) is 43.0 Å². The highest BCUT2D eigenvalue weighted by Crippen LogP contribution is 2.33. The fraction of sp³-hybridized carbons (Fsp3) is 0.579. The van der Waals surface area contributed by atoms with Gasteiger partial charge in [0.2, 0.25) is 5.91 Å². The second-order valence-electron chi connectivity index (χ2n) is 7.55. The normalized spacial score (nSPS) is 25.7. The van der Waals surface area contributed by atoms with E-state index < -0.39 is 11.4 Å². The van der Waals surface area contributed by atoms with Crippen LogP contribution in [0.4, 0.5) is 4.39 Å². The fourth-order valence-corrected chi connectivity index (χ4v) is 4.11. The summed E-state index contributed by atoms with van der Waals surface area (Å²) in [5.74, 6) is -1.07. The third kappa shape index (κ3) is 4.73. The molecule has 150 valence electrons. The lowest BCUT2D eigenvalue weighted by Gasteiger charge is -2.42. The second-order valence-corrected chi connectivity index (χ2v) is 7.98. The van der Waals surface area contributed by atoms with Crippen molar-refractivity contribution in [2.75, 3.05) is 26.2 Å². The molecule has 1 aliphatic carbocycles. The van der Waals surface area contributed by atoms with Crippen molar-refractivity contribution in [1.82, 2.24) is 9.80 Å². The molecule has 3 rings (SSSR count). The summed E-state index contributed by atoms with van der Waals surface area (Å²) in [6, 6.07) is 4.04. The van der Waals surface area contributed by atoms with Crippen LogP contribution in [0.2, 0.25) is 5.02 Å².